The number of hydrogen-bond acceptors (Lipinski definition) is 2. The molecule has 2 heteroatoms. The first-order valence-electron chi connectivity index (χ1n) is 2.94. The van der Waals surface area contributed by atoms with Crippen molar-refractivity contribution in [1.29, 1.82) is 0 Å². The first-order valence-corrected chi connectivity index (χ1v) is 2.94. The fourth-order valence-corrected chi connectivity index (χ4v) is 0.950. The smallest absolute Gasteiger partial charge is 0.133 e. The van der Waals surface area contributed by atoms with Gasteiger partial charge >= 0.3 is 0 Å². The van der Waals surface area contributed by atoms with E-state index in [-0.39, 0.29) is 0 Å². The second kappa shape index (κ2) is 1.72. The van der Waals surface area contributed by atoms with E-state index in [9.17, 15) is 0 Å². The average Bonchev–Trinajstić information content (AvgIpc) is 2.33. The summed E-state index contributed by atoms with van der Waals surface area (Å²) in [6.07, 6.45) is 4.45. The third kappa shape index (κ3) is 0.669. The zero-order valence-corrected chi connectivity index (χ0v) is 4.92. The maximum atomic E-state index is 5.20. The minimum absolute atomic E-state index is 0.789. The number of ether oxygens (including phenoxy) is 1. The number of hydrogen-bond donors (Lipinski definition) is 0. The Labute approximate surface area is 53.5 Å². The molecule has 0 saturated heterocycles. The summed E-state index contributed by atoms with van der Waals surface area (Å²) < 4.78 is 5.20. The normalized spacial score (nSPS) is 14.7. The van der Waals surface area contributed by atoms with Gasteiger partial charge in [-0.15, -0.1) is 0 Å². The third-order valence-corrected chi connectivity index (χ3v) is 1.41. The molecule has 0 N–H and O–H groups in total. The second-order valence-electron chi connectivity index (χ2n) is 2.00. The number of nitrogens with zero attached hydrogens (tertiary/aromatic N) is 1. The van der Waals surface area contributed by atoms with Gasteiger partial charge in [0.1, 0.15) is 5.75 Å². The van der Waals surface area contributed by atoms with E-state index in [4.69, 9.17) is 4.74 Å². The largest absolute Gasteiger partial charge is 0.492 e. The molecule has 2 nitrogen and oxygen atoms in total. The Morgan fingerprint density at radius 3 is 3.56 bits per heavy atom. The Balaban J connectivity index is 2.54. The second-order valence-corrected chi connectivity index (χ2v) is 2.00. The molecule has 1 aliphatic heterocycles. The summed E-state index contributed by atoms with van der Waals surface area (Å²) in [5.41, 5.74) is 1.18. The molecule has 2 rings (SSSR count). The van der Waals surface area contributed by atoms with E-state index in [0.29, 0.717) is 0 Å². The molecule has 1 aromatic rings. The van der Waals surface area contributed by atoms with E-state index >= 15 is 0 Å². The fraction of sp³-hybridized carbons (Fsp3) is 0.286. The Morgan fingerprint density at radius 2 is 2.67 bits per heavy atom. The molecule has 0 fully saturated rings. The predicted octanol–water partition coefficient (Wildman–Crippen LogP) is 0.817. The average molecular weight is 120 g/mol. The molecule has 0 saturated carbocycles. The number of rotatable bonds is 0. The van der Waals surface area contributed by atoms with Gasteiger partial charge in [0, 0.05) is 30.4 Å². The lowest BCUT2D eigenvalue weighted by molar-refractivity contribution is 0.356. The summed E-state index contributed by atoms with van der Waals surface area (Å²) in [4.78, 5) is 3.92. The van der Waals surface area contributed by atoms with Crippen LogP contribution >= 0.6 is 0 Å². The van der Waals surface area contributed by atoms with Crippen LogP contribution in [0.4, 0.5) is 0 Å². The van der Waals surface area contributed by atoms with Gasteiger partial charge in [0.2, 0.25) is 0 Å². The first kappa shape index (κ1) is 4.79. The van der Waals surface area contributed by atoms with Crippen LogP contribution in [0.15, 0.2) is 12.4 Å². The van der Waals surface area contributed by atoms with Gasteiger partial charge in [0.15, 0.2) is 0 Å². The van der Waals surface area contributed by atoms with Crippen molar-refractivity contribution >= 4 is 0 Å². The van der Waals surface area contributed by atoms with Gasteiger partial charge in [-0.05, 0) is 0 Å². The summed E-state index contributed by atoms with van der Waals surface area (Å²) in [7, 11) is 0. The Bertz CT molecular complexity index is 199. The molecular formula is C7H6NO. The molecule has 1 aromatic heterocycles. The molecule has 1 aliphatic rings. The highest BCUT2D eigenvalue weighted by Gasteiger charge is 2.09. The van der Waals surface area contributed by atoms with Crippen LogP contribution in [0.1, 0.15) is 5.56 Å². The van der Waals surface area contributed by atoms with Crippen molar-refractivity contribution in [2.24, 2.45) is 0 Å². The first-order chi connectivity index (χ1) is 4.47. The number of aromatic nitrogens is 1. The molecule has 45 valence electrons. The van der Waals surface area contributed by atoms with Crippen LogP contribution in [0.2, 0.25) is 0 Å². The molecule has 0 unspecified atom stereocenters. The van der Waals surface area contributed by atoms with Crippen molar-refractivity contribution in [1.82, 2.24) is 4.98 Å². The lowest BCUT2D eigenvalue weighted by atomic mass is 10.2. The van der Waals surface area contributed by atoms with Crippen molar-refractivity contribution in [3.8, 4) is 5.75 Å². The van der Waals surface area contributed by atoms with E-state index in [0.717, 1.165) is 18.8 Å². The van der Waals surface area contributed by atoms with Gasteiger partial charge in [-0.1, -0.05) is 0 Å². The van der Waals surface area contributed by atoms with Gasteiger partial charge in [-0.25, -0.2) is 0 Å². The quantitative estimate of drug-likeness (QED) is 0.505. The zero-order valence-electron chi connectivity index (χ0n) is 4.92. The molecular weight excluding hydrogens is 114 g/mol. The lowest BCUT2D eigenvalue weighted by Crippen LogP contribution is -1.85. The van der Waals surface area contributed by atoms with Crippen molar-refractivity contribution in [3.63, 3.8) is 0 Å². The molecule has 9 heavy (non-hydrogen) atoms. The highest BCUT2D eigenvalue weighted by molar-refractivity contribution is 5.31. The standard InChI is InChI=1S/C7H6NO/c1-3-8-5-6-2-4-9-7(1)6/h3,5H,2,4H2. The summed E-state index contributed by atoms with van der Waals surface area (Å²) in [6.45, 7) is 0.789. The van der Waals surface area contributed by atoms with Gasteiger partial charge in [-0.3, -0.25) is 4.98 Å². The van der Waals surface area contributed by atoms with Crippen LogP contribution < -0.4 is 4.74 Å². The third-order valence-electron chi connectivity index (χ3n) is 1.41. The predicted molar refractivity (Wildman–Crippen MR) is 32.3 cm³/mol. The zero-order chi connectivity index (χ0) is 6.10. The molecule has 2 heterocycles. The van der Waals surface area contributed by atoms with E-state index in [1.165, 1.54) is 5.56 Å². The monoisotopic (exact) mass is 120 g/mol. The molecule has 0 aliphatic carbocycles. The Morgan fingerprint density at radius 1 is 1.67 bits per heavy atom. The van der Waals surface area contributed by atoms with Gasteiger partial charge in [0.25, 0.3) is 0 Å². The van der Waals surface area contributed by atoms with Crippen LogP contribution in [-0.4, -0.2) is 11.6 Å². The molecule has 0 spiro atoms. The molecule has 0 amide bonds. The van der Waals surface area contributed by atoms with Crippen molar-refractivity contribution < 1.29 is 4.74 Å². The van der Waals surface area contributed by atoms with E-state index in [1.54, 1.807) is 6.20 Å². The highest BCUT2D eigenvalue weighted by Crippen LogP contribution is 2.21. The summed E-state index contributed by atoms with van der Waals surface area (Å²) in [6, 6.07) is 2.92. The van der Waals surface area contributed by atoms with Crippen molar-refractivity contribution in [2.45, 2.75) is 6.42 Å². The van der Waals surface area contributed by atoms with E-state index in [1.807, 2.05) is 6.20 Å². The van der Waals surface area contributed by atoms with Gasteiger partial charge in [-0.2, -0.15) is 0 Å². The number of pyridine rings is 1. The van der Waals surface area contributed by atoms with E-state index in [2.05, 4.69) is 11.1 Å². The van der Waals surface area contributed by atoms with Crippen molar-refractivity contribution in [2.75, 3.05) is 6.61 Å². The summed E-state index contributed by atoms with van der Waals surface area (Å²) in [5, 5.41) is 0. The molecule has 0 bridgehead atoms. The minimum Gasteiger partial charge on any atom is -0.492 e. The van der Waals surface area contributed by atoms with Crippen LogP contribution in [0, 0.1) is 6.07 Å². The topological polar surface area (TPSA) is 22.1 Å². The Hall–Kier alpha value is -1.05. The maximum Gasteiger partial charge on any atom is 0.133 e. The SMILES string of the molecule is [c]1cncc2c1OCC2. The molecule has 1 radical (unpaired) electrons. The van der Waals surface area contributed by atoms with E-state index < -0.39 is 0 Å². The molecule has 0 atom stereocenters. The van der Waals surface area contributed by atoms with Crippen LogP contribution in [0.25, 0.3) is 0 Å². The summed E-state index contributed by atoms with van der Waals surface area (Å²) in [5.74, 6) is 0.880. The van der Waals surface area contributed by atoms with Crippen LogP contribution in [0.3, 0.4) is 0 Å². The van der Waals surface area contributed by atoms with Crippen LogP contribution in [0.5, 0.6) is 5.75 Å². The highest BCUT2D eigenvalue weighted by atomic mass is 16.5. The molecule has 0 aromatic carbocycles. The van der Waals surface area contributed by atoms with Gasteiger partial charge in [0.05, 0.1) is 6.61 Å². The lowest BCUT2D eigenvalue weighted by Gasteiger charge is -1.92. The Kier molecular flexibility index (Phi) is 0.918. The van der Waals surface area contributed by atoms with Crippen LogP contribution in [-0.2, 0) is 6.42 Å². The number of fused-ring (bicyclic) bond motifs is 1. The van der Waals surface area contributed by atoms with Crippen molar-refractivity contribution in [3.05, 3.63) is 24.0 Å². The van der Waals surface area contributed by atoms with Gasteiger partial charge < -0.3 is 4.74 Å². The maximum absolute atomic E-state index is 5.20. The summed E-state index contributed by atoms with van der Waals surface area (Å²) >= 11 is 0. The fourth-order valence-electron chi connectivity index (χ4n) is 0.950. The minimum atomic E-state index is 0.789.